The predicted molar refractivity (Wildman–Crippen MR) is 116 cm³/mol. The second-order valence-electron chi connectivity index (χ2n) is 7.29. The number of esters is 1. The Hall–Kier alpha value is -3.53. The SMILES string of the molecule is CCOCCOC(=O)[C@H](C)Oc1ccc2c(=O)c(Oc3cccc(C)c3)c(C(F)(F)F)oc2c1. The van der Waals surface area contributed by atoms with Crippen molar-refractivity contribution >= 4 is 16.9 Å². The molecule has 0 aliphatic rings. The van der Waals surface area contributed by atoms with E-state index >= 15 is 0 Å². The molecule has 0 aliphatic carbocycles. The van der Waals surface area contributed by atoms with Crippen molar-refractivity contribution in [1.29, 1.82) is 0 Å². The molecule has 182 valence electrons. The monoisotopic (exact) mass is 480 g/mol. The van der Waals surface area contributed by atoms with E-state index < -0.39 is 35.2 Å². The lowest BCUT2D eigenvalue weighted by atomic mass is 10.2. The third kappa shape index (κ3) is 6.07. The minimum Gasteiger partial charge on any atom is -0.479 e. The van der Waals surface area contributed by atoms with E-state index in [0.717, 1.165) is 11.6 Å². The molecule has 0 unspecified atom stereocenters. The van der Waals surface area contributed by atoms with E-state index in [-0.39, 0.29) is 35.7 Å². The molecule has 3 rings (SSSR count). The maximum Gasteiger partial charge on any atom is 0.453 e. The zero-order valence-corrected chi connectivity index (χ0v) is 18.7. The molecule has 0 fully saturated rings. The molecular weight excluding hydrogens is 457 g/mol. The molecule has 0 bridgehead atoms. The number of carbonyl (C=O) groups is 1. The Labute approximate surface area is 193 Å². The number of hydrogen-bond acceptors (Lipinski definition) is 7. The number of aryl methyl sites for hydroxylation is 1. The largest absolute Gasteiger partial charge is 0.479 e. The molecule has 3 aromatic rings. The fourth-order valence-corrected chi connectivity index (χ4v) is 3.02. The van der Waals surface area contributed by atoms with Gasteiger partial charge in [0.05, 0.1) is 12.0 Å². The molecule has 1 atom stereocenters. The van der Waals surface area contributed by atoms with Gasteiger partial charge in [-0.2, -0.15) is 13.2 Å². The summed E-state index contributed by atoms with van der Waals surface area (Å²) in [6.07, 6.45) is -6.06. The minimum atomic E-state index is -5.00. The average molecular weight is 480 g/mol. The maximum absolute atomic E-state index is 13.7. The number of alkyl halides is 3. The average Bonchev–Trinajstić information content (AvgIpc) is 2.77. The highest BCUT2D eigenvalue weighted by molar-refractivity contribution is 5.80. The molecule has 0 N–H and O–H groups in total. The highest BCUT2D eigenvalue weighted by Crippen LogP contribution is 2.38. The quantitative estimate of drug-likeness (QED) is 0.305. The molecule has 0 saturated carbocycles. The van der Waals surface area contributed by atoms with E-state index in [0.29, 0.717) is 6.61 Å². The Kier molecular flexibility index (Phi) is 7.83. The topological polar surface area (TPSA) is 84.2 Å². The number of fused-ring (bicyclic) bond motifs is 1. The normalized spacial score (nSPS) is 12.4. The number of ether oxygens (including phenoxy) is 4. The second kappa shape index (κ2) is 10.6. The molecule has 1 aromatic heterocycles. The van der Waals surface area contributed by atoms with Crippen LogP contribution in [0.1, 0.15) is 25.2 Å². The van der Waals surface area contributed by atoms with Gasteiger partial charge in [-0.25, -0.2) is 4.79 Å². The lowest BCUT2D eigenvalue weighted by Crippen LogP contribution is -2.27. The van der Waals surface area contributed by atoms with Gasteiger partial charge in [0.1, 0.15) is 23.7 Å². The van der Waals surface area contributed by atoms with Gasteiger partial charge >= 0.3 is 12.1 Å². The lowest BCUT2D eigenvalue weighted by molar-refractivity contribution is -0.154. The maximum atomic E-state index is 13.7. The second-order valence-corrected chi connectivity index (χ2v) is 7.29. The smallest absolute Gasteiger partial charge is 0.453 e. The van der Waals surface area contributed by atoms with Crippen molar-refractivity contribution < 1.29 is 41.3 Å². The number of hydrogen-bond donors (Lipinski definition) is 0. The summed E-state index contributed by atoms with van der Waals surface area (Å²) < 4.78 is 67.0. The first kappa shape index (κ1) is 25.1. The summed E-state index contributed by atoms with van der Waals surface area (Å²) >= 11 is 0. The molecule has 34 heavy (non-hydrogen) atoms. The van der Waals surface area contributed by atoms with Gasteiger partial charge < -0.3 is 23.4 Å². The molecule has 0 saturated heterocycles. The number of carbonyl (C=O) groups excluding carboxylic acids is 1. The lowest BCUT2D eigenvalue weighted by Gasteiger charge is -2.16. The number of halogens is 3. The third-order valence-electron chi connectivity index (χ3n) is 4.61. The van der Waals surface area contributed by atoms with Gasteiger partial charge in [0.25, 0.3) is 5.76 Å². The Balaban J connectivity index is 1.91. The zero-order valence-electron chi connectivity index (χ0n) is 18.7. The summed E-state index contributed by atoms with van der Waals surface area (Å²) in [6, 6.07) is 9.94. The van der Waals surface area contributed by atoms with Gasteiger partial charge in [-0.1, -0.05) is 12.1 Å². The van der Waals surface area contributed by atoms with Crippen molar-refractivity contribution in [1.82, 2.24) is 0 Å². The molecule has 10 heteroatoms. The standard InChI is InChI=1S/C24H23F3O7/c1-4-30-10-11-31-23(29)15(3)32-17-8-9-18-19(13-17)34-22(24(25,26)27)21(20(18)28)33-16-7-5-6-14(2)12-16/h5-9,12-13,15H,4,10-11H2,1-3H3/t15-/m0/s1. The van der Waals surface area contributed by atoms with Crippen molar-refractivity contribution in [3.8, 4) is 17.2 Å². The van der Waals surface area contributed by atoms with Gasteiger partial charge in [-0.3, -0.25) is 4.79 Å². The van der Waals surface area contributed by atoms with Crippen LogP contribution in [0.4, 0.5) is 13.2 Å². The fourth-order valence-electron chi connectivity index (χ4n) is 3.02. The van der Waals surface area contributed by atoms with Crippen LogP contribution < -0.4 is 14.9 Å². The Bertz CT molecular complexity index is 1220. The van der Waals surface area contributed by atoms with Crippen LogP contribution in [0.5, 0.6) is 17.2 Å². The first-order chi connectivity index (χ1) is 16.1. The van der Waals surface area contributed by atoms with E-state index in [1.807, 2.05) is 0 Å². The van der Waals surface area contributed by atoms with Crippen LogP contribution in [-0.2, 0) is 20.4 Å². The summed E-state index contributed by atoms with van der Waals surface area (Å²) in [5.74, 6) is -3.14. The van der Waals surface area contributed by atoms with Crippen molar-refractivity contribution in [2.45, 2.75) is 33.1 Å². The van der Waals surface area contributed by atoms with Gasteiger partial charge in [0.2, 0.25) is 11.2 Å². The Morgan fingerprint density at radius 1 is 1.09 bits per heavy atom. The minimum absolute atomic E-state index is 0.0189. The van der Waals surface area contributed by atoms with E-state index in [1.54, 1.807) is 26.0 Å². The molecule has 2 aromatic carbocycles. The molecular formula is C24H23F3O7. The van der Waals surface area contributed by atoms with Crippen LogP contribution in [0, 0.1) is 6.92 Å². The van der Waals surface area contributed by atoms with Crippen LogP contribution in [0.3, 0.4) is 0 Å². The number of benzene rings is 2. The van der Waals surface area contributed by atoms with E-state index in [4.69, 9.17) is 23.4 Å². The first-order valence-corrected chi connectivity index (χ1v) is 10.4. The Morgan fingerprint density at radius 3 is 2.53 bits per heavy atom. The molecule has 1 heterocycles. The van der Waals surface area contributed by atoms with Crippen LogP contribution in [0.15, 0.2) is 51.7 Å². The molecule has 0 amide bonds. The summed E-state index contributed by atoms with van der Waals surface area (Å²) in [5, 5.41) is -0.144. The van der Waals surface area contributed by atoms with Crippen LogP contribution >= 0.6 is 0 Å². The van der Waals surface area contributed by atoms with Gasteiger partial charge in [-0.05, 0) is 50.6 Å². The Morgan fingerprint density at radius 2 is 1.85 bits per heavy atom. The van der Waals surface area contributed by atoms with Crippen molar-refractivity contribution in [3.05, 3.63) is 64.0 Å². The van der Waals surface area contributed by atoms with Crippen molar-refractivity contribution in [2.24, 2.45) is 0 Å². The molecule has 0 spiro atoms. The van der Waals surface area contributed by atoms with Gasteiger partial charge in [0.15, 0.2) is 6.10 Å². The number of rotatable bonds is 9. The van der Waals surface area contributed by atoms with Gasteiger partial charge in [-0.15, -0.1) is 0 Å². The molecule has 7 nitrogen and oxygen atoms in total. The summed E-state index contributed by atoms with van der Waals surface area (Å²) in [5.41, 5.74) is -0.628. The third-order valence-corrected chi connectivity index (χ3v) is 4.61. The van der Waals surface area contributed by atoms with E-state index in [1.165, 1.54) is 31.2 Å². The summed E-state index contributed by atoms with van der Waals surface area (Å²) in [6.45, 7) is 5.69. The van der Waals surface area contributed by atoms with E-state index in [9.17, 15) is 22.8 Å². The van der Waals surface area contributed by atoms with Crippen LogP contribution in [0.2, 0.25) is 0 Å². The molecule has 0 aliphatic heterocycles. The van der Waals surface area contributed by atoms with Gasteiger partial charge in [0, 0.05) is 12.7 Å². The van der Waals surface area contributed by atoms with E-state index in [2.05, 4.69) is 0 Å². The first-order valence-electron chi connectivity index (χ1n) is 10.4. The predicted octanol–water partition coefficient (Wildman–Crippen LogP) is 5.26. The van der Waals surface area contributed by atoms with Crippen LogP contribution in [0.25, 0.3) is 11.0 Å². The fraction of sp³-hybridized carbons (Fsp3) is 0.333. The van der Waals surface area contributed by atoms with Crippen LogP contribution in [-0.4, -0.2) is 31.9 Å². The van der Waals surface area contributed by atoms with Crippen molar-refractivity contribution in [2.75, 3.05) is 19.8 Å². The summed E-state index contributed by atoms with van der Waals surface area (Å²) in [7, 11) is 0. The highest BCUT2D eigenvalue weighted by Gasteiger charge is 2.40. The summed E-state index contributed by atoms with van der Waals surface area (Å²) in [4.78, 5) is 24.9. The molecule has 0 radical (unpaired) electrons. The highest BCUT2D eigenvalue weighted by atomic mass is 19.4. The zero-order chi connectivity index (χ0) is 24.9. The van der Waals surface area contributed by atoms with Crippen molar-refractivity contribution in [3.63, 3.8) is 0 Å².